The number of methoxy groups -OCH3 is 2. The molecule has 4 heterocycles. The van der Waals surface area contributed by atoms with E-state index >= 15 is 4.39 Å². The van der Waals surface area contributed by atoms with Gasteiger partial charge in [-0.1, -0.05) is 6.07 Å². The molecule has 2 aromatic heterocycles. The molecule has 0 radical (unpaired) electrons. The first-order chi connectivity index (χ1) is 22.5. The van der Waals surface area contributed by atoms with Gasteiger partial charge in [-0.05, 0) is 43.2 Å². The molecule has 0 saturated carbocycles. The largest absolute Gasteiger partial charge is 0.497 e. The van der Waals surface area contributed by atoms with E-state index in [1.165, 1.54) is 26.6 Å². The molecule has 0 aliphatic carbocycles. The molecule has 9 nitrogen and oxygen atoms in total. The van der Waals surface area contributed by atoms with Gasteiger partial charge in [0.2, 0.25) is 0 Å². The maximum atomic E-state index is 16.1. The van der Waals surface area contributed by atoms with E-state index in [4.69, 9.17) is 14.2 Å². The number of pyridine rings is 1. The van der Waals surface area contributed by atoms with Crippen LogP contribution in [0, 0.1) is 11.7 Å². The second-order valence-corrected chi connectivity index (χ2v) is 14.0. The van der Waals surface area contributed by atoms with E-state index in [0.717, 1.165) is 27.8 Å². The Morgan fingerprint density at radius 1 is 1.04 bits per heavy atom. The standard InChI is InChI=1S/C32H32F4N4O5S2/c1-43-22-7-6-20(28(16-22)44-2)19-40(31-38-11-14-46-31)47(41,42)30-18-29-23(17-24(30)33)26(9-13-45-29)39-12-8-21(32(34,35)36)15-27(39)25-5-3-4-10-37-25/h3-7,10-11,14,16-18,21,26-27H,8-9,12-13,15,19H2,1-2H3/t21?,26-,27+/m1/s1. The summed E-state index contributed by atoms with van der Waals surface area (Å²) in [7, 11) is -1.61. The first kappa shape index (κ1) is 33.0. The van der Waals surface area contributed by atoms with Gasteiger partial charge in [0.15, 0.2) is 5.13 Å². The van der Waals surface area contributed by atoms with Crippen LogP contribution in [0.1, 0.15) is 48.2 Å². The molecule has 0 spiro atoms. The summed E-state index contributed by atoms with van der Waals surface area (Å²) >= 11 is 1.07. The molecule has 2 aromatic carbocycles. The van der Waals surface area contributed by atoms with Crippen LogP contribution >= 0.6 is 11.3 Å². The lowest BCUT2D eigenvalue weighted by atomic mass is 9.85. The number of sulfonamides is 1. The van der Waals surface area contributed by atoms with E-state index in [1.807, 2.05) is 4.90 Å². The summed E-state index contributed by atoms with van der Waals surface area (Å²) in [5.74, 6) is -1.48. The zero-order valence-electron chi connectivity index (χ0n) is 25.5. The van der Waals surface area contributed by atoms with Crippen LogP contribution in [0.25, 0.3) is 0 Å². The second kappa shape index (κ2) is 13.3. The molecule has 15 heteroatoms. The van der Waals surface area contributed by atoms with Crippen molar-refractivity contribution in [3.63, 3.8) is 0 Å². The molecular formula is C32H32F4N4O5S2. The molecule has 2 aliphatic heterocycles. The van der Waals surface area contributed by atoms with Crippen molar-refractivity contribution >= 4 is 26.5 Å². The van der Waals surface area contributed by atoms with Gasteiger partial charge in [0, 0.05) is 60.0 Å². The number of aromatic nitrogens is 2. The quantitative estimate of drug-likeness (QED) is 0.175. The van der Waals surface area contributed by atoms with Crippen LogP contribution in [0.5, 0.6) is 17.2 Å². The van der Waals surface area contributed by atoms with Crippen LogP contribution in [-0.2, 0) is 16.6 Å². The molecule has 1 saturated heterocycles. The number of rotatable bonds is 9. The number of fused-ring (bicyclic) bond motifs is 1. The lowest BCUT2D eigenvalue weighted by molar-refractivity contribution is -0.192. The normalized spacial score (nSPS) is 20.3. The average Bonchev–Trinajstić information content (AvgIpc) is 3.61. The van der Waals surface area contributed by atoms with Crippen molar-refractivity contribution in [3.8, 4) is 17.2 Å². The highest BCUT2D eigenvalue weighted by Crippen LogP contribution is 2.48. The molecule has 1 unspecified atom stereocenters. The Bertz CT molecular complexity index is 1810. The third kappa shape index (κ3) is 6.61. The number of anilines is 1. The predicted molar refractivity (Wildman–Crippen MR) is 167 cm³/mol. The molecule has 0 bridgehead atoms. The van der Waals surface area contributed by atoms with E-state index in [2.05, 4.69) is 9.97 Å². The number of ether oxygens (including phenoxy) is 3. The fraction of sp³-hybridized carbons (Fsp3) is 0.375. The highest BCUT2D eigenvalue weighted by Gasteiger charge is 2.47. The van der Waals surface area contributed by atoms with Crippen molar-refractivity contribution in [2.45, 2.75) is 49.0 Å². The molecule has 0 amide bonds. The molecule has 2 aliphatic rings. The van der Waals surface area contributed by atoms with Crippen molar-refractivity contribution in [3.05, 3.63) is 88.9 Å². The first-order valence-electron chi connectivity index (χ1n) is 14.8. The number of thiazole rings is 1. The van der Waals surface area contributed by atoms with Crippen LogP contribution in [0.4, 0.5) is 22.7 Å². The molecular weight excluding hydrogens is 661 g/mol. The fourth-order valence-electron chi connectivity index (χ4n) is 6.28. The number of alkyl halides is 3. The van der Waals surface area contributed by atoms with Crippen LogP contribution in [0.2, 0.25) is 0 Å². The topological polar surface area (TPSA) is 94.1 Å². The van der Waals surface area contributed by atoms with Gasteiger partial charge in [0.05, 0.1) is 45.0 Å². The summed E-state index contributed by atoms with van der Waals surface area (Å²) in [5, 5.41) is 1.73. The van der Waals surface area contributed by atoms with Gasteiger partial charge in [-0.25, -0.2) is 22.1 Å². The highest BCUT2D eigenvalue weighted by molar-refractivity contribution is 7.93. The molecule has 4 aromatic rings. The fourth-order valence-corrected chi connectivity index (χ4v) is 8.61. The summed E-state index contributed by atoms with van der Waals surface area (Å²) in [6, 6.07) is 11.1. The van der Waals surface area contributed by atoms with Gasteiger partial charge in [-0.15, -0.1) is 11.3 Å². The third-order valence-corrected chi connectivity index (χ3v) is 11.3. The Labute approximate surface area is 273 Å². The minimum atomic E-state index is -4.56. The van der Waals surface area contributed by atoms with E-state index in [-0.39, 0.29) is 43.4 Å². The zero-order chi connectivity index (χ0) is 33.3. The molecule has 1 fully saturated rings. The van der Waals surface area contributed by atoms with Gasteiger partial charge in [-0.3, -0.25) is 9.88 Å². The number of likely N-dealkylation sites (tertiary alicyclic amines) is 1. The van der Waals surface area contributed by atoms with Crippen LogP contribution in [-0.4, -0.2) is 56.8 Å². The van der Waals surface area contributed by atoms with E-state index in [9.17, 15) is 21.6 Å². The monoisotopic (exact) mass is 692 g/mol. The van der Waals surface area contributed by atoms with Crippen molar-refractivity contribution in [2.75, 3.05) is 31.7 Å². The Balaban J connectivity index is 1.37. The van der Waals surface area contributed by atoms with Gasteiger partial charge < -0.3 is 14.2 Å². The van der Waals surface area contributed by atoms with Crippen molar-refractivity contribution in [2.24, 2.45) is 5.92 Å². The molecule has 0 N–H and O–H groups in total. The molecule has 6 rings (SSSR count). The van der Waals surface area contributed by atoms with Crippen LogP contribution in [0.3, 0.4) is 0 Å². The zero-order valence-corrected chi connectivity index (χ0v) is 27.1. The number of halogens is 4. The third-order valence-electron chi connectivity index (χ3n) is 8.62. The Hall–Kier alpha value is -3.95. The first-order valence-corrected chi connectivity index (χ1v) is 17.2. The van der Waals surface area contributed by atoms with E-state index in [1.54, 1.807) is 41.8 Å². The Morgan fingerprint density at radius 2 is 1.87 bits per heavy atom. The average molecular weight is 693 g/mol. The SMILES string of the molecule is COc1ccc(CN(c2nccs2)S(=O)(=O)c2cc3c(cc2F)[C@H](N2CCC(C(F)(F)F)C[C@H]2c2ccccn2)CCO3)c(OC)c1. The Morgan fingerprint density at radius 3 is 2.55 bits per heavy atom. The van der Waals surface area contributed by atoms with Gasteiger partial charge in [0.1, 0.15) is 28.0 Å². The Kier molecular flexibility index (Phi) is 9.31. The van der Waals surface area contributed by atoms with Gasteiger partial charge >= 0.3 is 6.18 Å². The number of hydrogen-bond donors (Lipinski definition) is 0. The number of nitrogens with zero attached hydrogens (tertiary/aromatic N) is 4. The van der Waals surface area contributed by atoms with Crippen LogP contribution in [0.15, 0.2) is 71.2 Å². The van der Waals surface area contributed by atoms with Gasteiger partial charge in [-0.2, -0.15) is 13.2 Å². The number of hydrogen-bond acceptors (Lipinski definition) is 9. The highest BCUT2D eigenvalue weighted by atomic mass is 32.2. The predicted octanol–water partition coefficient (Wildman–Crippen LogP) is 6.93. The maximum absolute atomic E-state index is 16.1. The minimum Gasteiger partial charge on any atom is -0.497 e. The summed E-state index contributed by atoms with van der Waals surface area (Å²) in [6.45, 7) is 0.0395. The summed E-state index contributed by atoms with van der Waals surface area (Å²) in [5.41, 5.74) is 1.35. The summed E-state index contributed by atoms with van der Waals surface area (Å²) in [4.78, 5) is 9.86. The number of benzene rings is 2. The van der Waals surface area contributed by atoms with Crippen molar-refractivity contribution in [1.29, 1.82) is 0 Å². The van der Waals surface area contributed by atoms with Crippen molar-refractivity contribution < 1.29 is 40.2 Å². The lowest BCUT2D eigenvalue weighted by Crippen LogP contribution is -2.44. The maximum Gasteiger partial charge on any atom is 0.391 e. The van der Waals surface area contributed by atoms with Crippen LogP contribution < -0.4 is 18.5 Å². The summed E-state index contributed by atoms with van der Waals surface area (Å²) in [6.07, 6.45) is -1.31. The molecule has 47 heavy (non-hydrogen) atoms. The van der Waals surface area contributed by atoms with E-state index < -0.39 is 44.9 Å². The lowest BCUT2D eigenvalue weighted by Gasteiger charge is -2.45. The molecule has 250 valence electrons. The van der Waals surface area contributed by atoms with Crippen molar-refractivity contribution in [1.82, 2.24) is 14.9 Å². The number of piperidine rings is 1. The summed E-state index contributed by atoms with van der Waals surface area (Å²) < 4.78 is 104. The van der Waals surface area contributed by atoms with Gasteiger partial charge in [0.25, 0.3) is 10.0 Å². The smallest absolute Gasteiger partial charge is 0.391 e. The van der Waals surface area contributed by atoms with E-state index in [0.29, 0.717) is 34.7 Å². The molecule has 3 atom stereocenters. The second-order valence-electron chi connectivity index (χ2n) is 11.2. The minimum absolute atomic E-state index is 0.0959.